The van der Waals surface area contributed by atoms with E-state index in [0.29, 0.717) is 26.2 Å². The predicted octanol–water partition coefficient (Wildman–Crippen LogP) is 0.876. The molecule has 0 spiro atoms. The fourth-order valence-corrected chi connectivity index (χ4v) is 7.80. The predicted molar refractivity (Wildman–Crippen MR) is 176 cm³/mol. The molecule has 4 saturated heterocycles. The molecular weight excluding hydrogens is 648 g/mol. The number of benzene rings is 2. The second-order valence-corrected chi connectivity index (χ2v) is 13.5. The summed E-state index contributed by atoms with van der Waals surface area (Å²) in [5.41, 5.74) is 5.54. The van der Waals surface area contributed by atoms with E-state index in [1.807, 2.05) is 60.7 Å². The lowest BCUT2D eigenvalue weighted by Gasteiger charge is -2.37. The first kappa shape index (κ1) is 35.3. The summed E-state index contributed by atoms with van der Waals surface area (Å²) in [6.45, 7) is 2.19. The van der Waals surface area contributed by atoms with E-state index in [1.54, 1.807) is 20.8 Å². The summed E-state index contributed by atoms with van der Waals surface area (Å²) in [6, 6.07) is 17.9. The quantitative estimate of drug-likeness (QED) is 0.130. The van der Waals surface area contributed by atoms with E-state index in [9.17, 15) is 34.4 Å². The maximum absolute atomic E-state index is 13.5. The largest absolute Gasteiger partial charge is 0.508 e. The minimum atomic E-state index is -1.06. The van der Waals surface area contributed by atoms with Crippen molar-refractivity contribution in [1.82, 2.24) is 31.4 Å². The molecule has 6 N–H and O–H groups in total. The highest BCUT2D eigenvalue weighted by Gasteiger charge is 2.45. The molecule has 268 valence electrons. The van der Waals surface area contributed by atoms with Crippen LogP contribution in [0.4, 0.5) is 4.79 Å². The lowest BCUT2D eigenvalue weighted by Crippen LogP contribution is -2.60. The Morgan fingerprint density at radius 3 is 1.42 bits per heavy atom. The third-order valence-corrected chi connectivity index (χ3v) is 10.5. The van der Waals surface area contributed by atoms with Crippen molar-refractivity contribution in [3.63, 3.8) is 0 Å². The molecule has 6 rings (SSSR count). The summed E-state index contributed by atoms with van der Waals surface area (Å²) < 4.78 is 11.0. The normalized spacial score (nSPS) is 29.6. The van der Waals surface area contributed by atoms with Crippen molar-refractivity contribution in [3.8, 4) is 0 Å². The molecule has 4 aliphatic heterocycles. The zero-order chi connectivity index (χ0) is 35.2. The summed E-state index contributed by atoms with van der Waals surface area (Å²) in [7, 11) is 0. The van der Waals surface area contributed by atoms with E-state index < -0.39 is 54.1 Å². The van der Waals surface area contributed by atoms with Crippen LogP contribution in [0.25, 0.3) is 0 Å². The van der Waals surface area contributed by atoms with Gasteiger partial charge < -0.3 is 29.9 Å². The molecule has 15 heteroatoms. The van der Waals surface area contributed by atoms with Crippen molar-refractivity contribution >= 4 is 29.8 Å². The molecule has 2 aromatic carbocycles. The Bertz CT molecular complexity index is 1420. The number of hydrogen-bond acceptors (Lipinski definition) is 11. The lowest BCUT2D eigenvalue weighted by molar-refractivity contribution is -0.146. The molecule has 0 saturated carbocycles. The van der Waals surface area contributed by atoms with Gasteiger partial charge >= 0.3 is 6.16 Å². The van der Waals surface area contributed by atoms with E-state index in [-0.39, 0.29) is 49.6 Å². The fraction of sp³-hybridized carbons (Fsp3) is 0.514. The van der Waals surface area contributed by atoms with Gasteiger partial charge in [-0.1, -0.05) is 60.7 Å². The number of rotatable bonds is 8. The molecule has 50 heavy (non-hydrogen) atoms. The Labute approximate surface area is 289 Å². The molecule has 15 nitrogen and oxygen atoms in total. The summed E-state index contributed by atoms with van der Waals surface area (Å²) in [4.78, 5) is 68.8. The number of carbonyl (C=O) groups excluding carboxylic acids is 5. The van der Waals surface area contributed by atoms with Crippen molar-refractivity contribution in [1.29, 1.82) is 0 Å². The van der Waals surface area contributed by atoms with Crippen LogP contribution < -0.4 is 21.6 Å². The van der Waals surface area contributed by atoms with Gasteiger partial charge in [-0.05, 0) is 36.8 Å². The molecular formula is C35H44N6O9. The Morgan fingerprint density at radius 1 is 0.640 bits per heavy atom. The SMILES string of the molecule is O=C(O[C@H]1CN[C@H](C(=O)N2CC[C@H](c3ccccc3)C2)[C@@H](C(=O)NO)C1)O[C@H]1CN[C@H](C(=O)N2CC[C@H](c3ccccc3)C2)[C@@H](C(=O)NO)C1. The van der Waals surface area contributed by atoms with Crippen molar-refractivity contribution in [2.75, 3.05) is 39.3 Å². The number of amides is 4. The molecule has 2 aromatic rings. The molecule has 0 radical (unpaired) electrons. The number of ether oxygens (including phenoxy) is 2. The second-order valence-electron chi connectivity index (χ2n) is 13.5. The van der Waals surface area contributed by atoms with Crippen molar-refractivity contribution in [2.45, 2.75) is 61.8 Å². The smallest absolute Gasteiger partial charge is 0.430 e. The Balaban J connectivity index is 1.01. The van der Waals surface area contributed by atoms with Crippen LogP contribution in [0.3, 0.4) is 0 Å². The number of likely N-dealkylation sites (tertiary alicyclic amines) is 2. The standard InChI is InChI=1S/C35H44N6O9/c42-31(38-47)27-15-25(17-36-29(27)33(44)40-13-11-23(19-40)21-7-3-1-4-8-21)49-35(46)50-26-16-28(32(43)39-48)30(37-18-26)34(45)41-14-12-24(20-41)22-9-5-2-6-10-22/h1-10,23-30,36-37,47-48H,11-20H2,(H,38,42)(H,39,43)/t23-,24-,25+,26+,27-,28-,29-,30-/m0/s1. The topological polar surface area (TPSA) is 199 Å². The van der Waals surface area contributed by atoms with Gasteiger partial charge in [0.2, 0.25) is 23.6 Å². The summed E-state index contributed by atoms with van der Waals surface area (Å²) >= 11 is 0. The van der Waals surface area contributed by atoms with Gasteiger partial charge in [-0.15, -0.1) is 0 Å². The van der Waals surface area contributed by atoms with Crippen LogP contribution >= 0.6 is 0 Å². The highest BCUT2D eigenvalue weighted by molar-refractivity contribution is 5.91. The van der Waals surface area contributed by atoms with Crippen LogP contribution in [-0.2, 0) is 28.7 Å². The highest BCUT2D eigenvalue weighted by Crippen LogP contribution is 2.31. The zero-order valence-corrected chi connectivity index (χ0v) is 27.6. The molecule has 4 fully saturated rings. The van der Waals surface area contributed by atoms with Gasteiger partial charge in [0.05, 0.1) is 23.9 Å². The molecule has 4 heterocycles. The monoisotopic (exact) mass is 692 g/mol. The fourth-order valence-electron chi connectivity index (χ4n) is 7.80. The average Bonchev–Trinajstić information content (AvgIpc) is 3.86. The van der Waals surface area contributed by atoms with Crippen LogP contribution in [0.15, 0.2) is 60.7 Å². The van der Waals surface area contributed by atoms with Crippen LogP contribution in [0, 0.1) is 11.8 Å². The zero-order valence-electron chi connectivity index (χ0n) is 27.6. The summed E-state index contributed by atoms with van der Waals surface area (Å²) in [5.74, 6) is -3.80. The van der Waals surface area contributed by atoms with Gasteiger partial charge in [0.1, 0.15) is 12.2 Å². The van der Waals surface area contributed by atoms with E-state index in [2.05, 4.69) is 10.6 Å². The Morgan fingerprint density at radius 2 is 1.04 bits per heavy atom. The van der Waals surface area contributed by atoms with Gasteiger partial charge in [-0.3, -0.25) is 29.6 Å². The number of nitrogens with zero attached hydrogens (tertiary/aromatic N) is 2. The average molecular weight is 693 g/mol. The maximum Gasteiger partial charge on any atom is 0.508 e. The Hall–Kier alpha value is -4.57. The summed E-state index contributed by atoms with van der Waals surface area (Å²) in [5, 5.41) is 24.9. The first-order valence-electron chi connectivity index (χ1n) is 17.1. The lowest BCUT2D eigenvalue weighted by atomic mass is 9.87. The van der Waals surface area contributed by atoms with Gasteiger partial charge in [0, 0.05) is 51.1 Å². The van der Waals surface area contributed by atoms with Crippen LogP contribution in [0.2, 0.25) is 0 Å². The van der Waals surface area contributed by atoms with E-state index >= 15 is 0 Å². The van der Waals surface area contributed by atoms with Crippen LogP contribution in [-0.4, -0.2) is 114 Å². The van der Waals surface area contributed by atoms with Gasteiger partial charge in [0.15, 0.2) is 0 Å². The summed E-state index contributed by atoms with van der Waals surface area (Å²) in [6.07, 6.45) is -1.30. The van der Waals surface area contributed by atoms with Crippen molar-refractivity contribution in [3.05, 3.63) is 71.8 Å². The highest BCUT2D eigenvalue weighted by atomic mass is 16.7. The second kappa shape index (κ2) is 16.0. The third-order valence-electron chi connectivity index (χ3n) is 10.5. The van der Waals surface area contributed by atoms with Crippen LogP contribution in [0.5, 0.6) is 0 Å². The molecule has 0 bridgehead atoms. The minimum Gasteiger partial charge on any atom is -0.430 e. The number of carbonyl (C=O) groups is 5. The van der Waals surface area contributed by atoms with Crippen molar-refractivity contribution in [2.24, 2.45) is 11.8 Å². The number of hydrogen-bond donors (Lipinski definition) is 6. The first-order chi connectivity index (χ1) is 24.2. The van der Waals surface area contributed by atoms with Gasteiger partial charge in [0.25, 0.3) is 0 Å². The number of nitrogens with one attached hydrogen (secondary N) is 4. The number of piperidine rings is 2. The molecule has 4 aliphatic rings. The first-order valence-corrected chi connectivity index (χ1v) is 17.1. The van der Waals surface area contributed by atoms with E-state index in [0.717, 1.165) is 24.0 Å². The van der Waals surface area contributed by atoms with E-state index in [4.69, 9.17) is 9.47 Å². The third kappa shape index (κ3) is 7.91. The minimum absolute atomic E-state index is 0.0459. The molecule has 0 unspecified atom stereocenters. The van der Waals surface area contributed by atoms with E-state index in [1.165, 1.54) is 0 Å². The molecule has 0 aromatic heterocycles. The van der Waals surface area contributed by atoms with Gasteiger partial charge in [-0.25, -0.2) is 15.8 Å². The van der Waals surface area contributed by atoms with Gasteiger partial charge in [-0.2, -0.15) is 0 Å². The van der Waals surface area contributed by atoms with Crippen LogP contribution in [0.1, 0.15) is 48.6 Å². The molecule has 0 aliphatic carbocycles. The molecule has 4 amide bonds. The number of hydroxylamine groups is 2. The maximum atomic E-state index is 13.5. The Kier molecular flexibility index (Phi) is 11.3. The van der Waals surface area contributed by atoms with Crippen molar-refractivity contribution < 1.29 is 43.9 Å². The molecule has 8 atom stereocenters.